The highest BCUT2D eigenvalue weighted by molar-refractivity contribution is 5.81. The molecule has 4 aliphatic carbocycles. The monoisotopic (exact) mass is 252 g/mol. The topological polar surface area (TPSA) is 92.4 Å². The van der Waals surface area contributed by atoms with Crippen molar-refractivity contribution in [2.75, 3.05) is 6.54 Å². The molecule has 2 unspecified atom stereocenters. The zero-order valence-electron chi connectivity index (χ0n) is 10.4. The zero-order chi connectivity index (χ0) is 12.9. The van der Waals surface area contributed by atoms with E-state index in [0.29, 0.717) is 17.8 Å². The molecule has 4 bridgehead atoms. The first-order valence-electron chi connectivity index (χ1n) is 6.75. The van der Waals surface area contributed by atoms with Crippen LogP contribution in [0.5, 0.6) is 0 Å². The number of amides is 1. The second-order valence-electron chi connectivity index (χ2n) is 6.41. The normalized spacial score (nSPS) is 45.1. The first kappa shape index (κ1) is 12.0. The second kappa shape index (κ2) is 3.95. The number of nitrogens with one attached hydrogen (secondary N) is 1. The molecule has 5 heteroatoms. The van der Waals surface area contributed by atoms with Gasteiger partial charge in [-0.15, -0.1) is 0 Å². The molecule has 4 rings (SSSR count). The van der Waals surface area contributed by atoms with Crippen LogP contribution in [0.4, 0.5) is 0 Å². The lowest BCUT2D eigenvalue weighted by atomic mass is 9.47. The summed E-state index contributed by atoms with van der Waals surface area (Å²) in [6.07, 6.45) is 4.92. The van der Waals surface area contributed by atoms with Gasteiger partial charge in [-0.25, -0.2) is 0 Å². The summed E-state index contributed by atoms with van der Waals surface area (Å²) in [5, 5.41) is 11.9. The maximum atomic E-state index is 11.7. The maximum absolute atomic E-state index is 11.7. The molecule has 0 aromatic heterocycles. The Kier molecular flexibility index (Phi) is 2.62. The van der Waals surface area contributed by atoms with E-state index in [2.05, 4.69) is 5.32 Å². The number of carbonyl (C=O) groups is 2. The Balaban J connectivity index is 1.76. The fourth-order valence-electron chi connectivity index (χ4n) is 4.86. The van der Waals surface area contributed by atoms with Gasteiger partial charge in [0.2, 0.25) is 5.91 Å². The third-order valence-corrected chi connectivity index (χ3v) is 5.28. The fourth-order valence-corrected chi connectivity index (χ4v) is 4.86. The van der Waals surface area contributed by atoms with Crippen LogP contribution in [0.3, 0.4) is 0 Å². The van der Waals surface area contributed by atoms with E-state index in [1.54, 1.807) is 0 Å². The molecule has 0 heterocycles. The molecule has 100 valence electrons. The van der Waals surface area contributed by atoms with Crippen LogP contribution < -0.4 is 11.1 Å². The van der Waals surface area contributed by atoms with E-state index < -0.39 is 5.97 Å². The van der Waals surface area contributed by atoms with Gasteiger partial charge in [-0.2, -0.15) is 0 Å². The van der Waals surface area contributed by atoms with Crippen LogP contribution in [0.2, 0.25) is 0 Å². The molecule has 0 saturated heterocycles. The van der Waals surface area contributed by atoms with Gasteiger partial charge >= 0.3 is 5.97 Å². The molecule has 4 fully saturated rings. The third kappa shape index (κ3) is 1.72. The van der Waals surface area contributed by atoms with Crippen molar-refractivity contribution < 1.29 is 14.7 Å². The Bertz CT molecular complexity index is 380. The SMILES string of the molecule is NC(=O)C12CC3CC(C1)C(NCC(=O)O)C(C3)C2. The average Bonchev–Trinajstić information content (AvgIpc) is 2.26. The van der Waals surface area contributed by atoms with Gasteiger partial charge in [-0.1, -0.05) is 0 Å². The van der Waals surface area contributed by atoms with Crippen LogP contribution in [0.25, 0.3) is 0 Å². The van der Waals surface area contributed by atoms with Gasteiger partial charge in [0.15, 0.2) is 0 Å². The summed E-state index contributed by atoms with van der Waals surface area (Å²) in [5.41, 5.74) is 5.33. The lowest BCUT2D eigenvalue weighted by Crippen LogP contribution is -2.61. The molecule has 5 nitrogen and oxygen atoms in total. The average molecular weight is 252 g/mol. The molecule has 4 N–H and O–H groups in total. The highest BCUT2D eigenvalue weighted by atomic mass is 16.4. The minimum Gasteiger partial charge on any atom is -0.480 e. The largest absolute Gasteiger partial charge is 0.480 e. The van der Waals surface area contributed by atoms with E-state index in [0.717, 1.165) is 32.1 Å². The predicted octanol–water partition coefficient (Wildman–Crippen LogP) is 0.341. The van der Waals surface area contributed by atoms with Crippen molar-refractivity contribution in [3.05, 3.63) is 0 Å². The third-order valence-electron chi connectivity index (χ3n) is 5.28. The van der Waals surface area contributed by atoms with Crippen LogP contribution >= 0.6 is 0 Å². The highest BCUT2D eigenvalue weighted by Gasteiger charge is 2.57. The maximum Gasteiger partial charge on any atom is 0.317 e. The fraction of sp³-hybridized carbons (Fsp3) is 0.846. The molecule has 2 atom stereocenters. The van der Waals surface area contributed by atoms with E-state index in [1.165, 1.54) is 0 Å². The summed E-state index contributed by atoms with van der Waals surface area (Å²) in [6.45, 7) is 0.0197. The van der Waals surface area contributed by atoms with E-state index in [-0.39, 0.29) is 23.9 Å². The number of nitrogens with two attached hydrogens (primary N) is 1. The van der Waals surface area contributed by atoms with Gasteiger partial charge in [0.05, 0.1) is 6.54 Å². The summed E-state index contributed by atoms with van der Waals surface area (Å²) >= 11 is 0. The van der Waals surface area contributed by atoms with Crippen molar-refractivity contribution in [2.24, 2.45) is 28.9 Å². The number of hydrogen-bond acceptors (Lipinski definition) is 3. The quantitative estimate of drug-likeness (QED) is 0.672. The smallest absolute Gasteiger partial charge is 0.317 e. The van der Waals surface area contributed by atoms with Gasteiger partial charge in [0.1, 0.15) is 0 Å². The van der Waals surface area contributed by atoms with Gasteiger partial charge in [-0.3, -0.25) is 9.59 Å². The van der Waals surface area contributed by atoms with Crippen LogP contribution in [0.15, 0.2) is 0 Å². The van der Waals surface area contributed by atoms with Crippen molar-refractivity contribution >= 4 is 11.9 Å². The van der Waals surface area contributed by atoms with Crippen molar-refractivity contribution in [3.63, 3.8) is 0 Å². The van der Waals surface area contributed by atoms with E-state index in [9.17, 15) is 9.59 Å². The molecular weight excluding hydrogens is 232 g/mol. The van der Waals surface area contributed by atoms with Crippen molar-refractivity contribution in [1.82, 2.24) is 5.32 Å². The van der Waals surface area contributed by atoms with Gasteiger partial charge in [0, 0.05) is 11.5 Å². The number of primary amides is 1. The summed E-state index contributed by atoms with van der Waals surface area (Å²) in [6, 6.07) is 0.269. The molecule has 18 heavy (non-hydrogen) atoms. The van der Waals surface area contributed by atoms with Crippen LogP contribution in [0.1, 0.15) is 32.1 Å². The molecule has 0 aliphatic heterocycles. The summed E-state index contributed by atoms with van der Waals surface area (Å²) in [7, 11) is 0. The Morgan fingerprint density at radius 1 is 1.22 bits per heavy atom. The number of carbonyl (C=O) groups excluding carboxylic acids is 1. The van der Waals surface area contributed by atoms with Crippen LogP contribution in [-0.4, -0.2) is 29.6 Å². The molecule has 0 radical (unpaired) electrons. The minimum absolute atomic E-state index is 0.0197. The first-order chi connectivity index (χ1) is 8.50. The van der Waals surface area contributed by atoms with Crippen molar-refractivity contribution in [3.8, 4) is 0 Å². The van der Waals surface area contributed by atoms with Gasteiger partial charge in [0.25, 0.3) is 0 Å². The van der Waals surface area contributed by atoms with Gasteiger partial charge in [-0.05, 0) is 49.9 Å². The Morgan fingerprint density at radius 3 is 2.33 bits per heavy atom. The van der Waals surface area contributed by atoms with E-state index in [4.69, 9.17) is 10.8 Å². The molecular formula is C13H20N2O3. The summed E-state index contributed by atoms with van der Waals surface area (Å²) in [5.74, 6) is 0.538. The lowest BCUT2D eigenvalue weighted by molar-refractivity contribution is -0.147. The molecule has 1 amide bonds. The Labute approximate surface area is 106 Å². The number of aliphatic carboxylic acids is 1. The van der Waals surface area contributed by atoms with E-state index in [1.807, 2.05) is 0 Å². The van der Waals surface area contributed by atoms with Crippen molar-refractivity contribution in [2.45, 2.75) is 38.1 Å². The number of hydrogen-bond donors (Lipinski definition) is 3. The first-order valence-corrected chi connectivity index (χ1v) is 6.75. The lowest BCUT2D eigenvalue weighted by Gasteiger charge is -2.59. The number of carboxylic acid groups (broad SMARTS) is 1. The summed E-state index contributed by atoms with van der Waals surface area (Å²) in [4.78, 5) is 22.4. The molecule has 0 spiro atoms. The Morgan fingerprint density at radius 2 is 1.83 bits per heavy atom. The summed E-state index contributed by atoms with van der Waals surface area (Å²) < 4.78 is 0. The van der Waals surface area contributed by atoms with Crippen LogP contribution in [0, 0.1) is 23.2 Å². The molecule has 4 aliphatic rings. The number of carboxylic acids is 1. The second-order valence-corrected chi connectivity index (χ2v) is 6.41. The van der Waals surface area contributed by atoms with Crippen LogP contribution in [-0.2, 0) is 9.59 Å². The van der Waals surface area contributed by atoms with E-state index >= 15 is 0 Å². The highest BCUT2D eigenvalue weighted by Crippen LogP contribution is 2.59. The predicted molar refractivity (Wildman–Crippen MR) is 64.6 cm³/mol. The van der Waals surface area contributed by atoms with Gasteiger partial charge < -0.3 is 16.2 Å². The molecule has 0 aromatic rings. The molecule has 4 saturated carbocycles. The molecule has 0 aromatic carbocycles. The van der Waals surface area contributed by atoms with Crippen molar-refractivity contribution in [1.29, 1.82) is 0 Å². The zero-order valence-corrected chi connectivity index (χ0v) is 10.4. The standard InChI is InChI=1S/C13H20N2O3/c14-12(18)13-3-7-1-8(4-13)11(9(2-7)5-13)15-6-10(16)17/h7-9,11,15H,1-6H2,(H2,14,18)(H,16,17). The Hall–Kier alpha value is -1.10. The minimum atomic E-state index is -0.812. The number of rotatable bonds is 4.